The van der Waals surface area contributed by atoms with Crippen molar-refractivity contribution in [2.75, 3.05) is 17.3 Å². The molecule has 0 unspecified atom stereocenters. The molecule has 0 fully saturated rings. The maximum atomic E-state index is 12.8. The van der Waals surface area contributed by atoms with Crippen LogP contribution in [0.5, 0.6) is 0 Å². The van der Waals surface area contributed by atoms with Gasteiger partial charge in [-0.25, -0.2) is 0 Å². The largest absolute Gasteiger partial charge is 0.308 e. The molecule has 0 aromatic heterocycles. The molecule has 1 aliphatic heterocycles. The fourth-order valence-corrected chi connectivity index (χ4v) is 2.90. The minimum Gasteiger partial charge on any atom is -0.308 e. The van der Waals surface area contributed by atoms with Crippen molar-refractivity contribution >= 4 is 40.5 Å². The van der Waals surface area contributed by atoms with Crippen LogP contribution in [-0.4, -0.2) is 23.3 Å². The van der Waals surface area contributed by atoms with E-state index in [0.29, 0.717) is 30.0 Å². The van der Waals surface area contributed by atoms with E-state index in [0.717, 1.165) is 11.3 Å². The first-order valence-corrected chi connectivity index (χ1v) is 8.08. The molecule has 5 nitrogen and oxygen atoms in total. The van der Waals surface area contributed by atoms with Gasteiger partial charge in [-0.1, -0.05) is 30.3 Å². The van der Waals surface area contributed by atoms with E-state index in [-0.39, 0.29) is 11.6 Å². The van der Waals surface area contributed by atoms with Crippen LogP contribution in [0.1, 0.15) is 17.5 Å². The SMILES string of the molecule is O=C1C(=Cc2cccc([N+](=O)[O-])c2)c2ccccc2N1CCCCl. The predicted molar refractivity (Wildman–Crippen MR) is 95.1 cm³/mol. The second-order valence-corrected chi connectivity index (χ2v) is 5.80. The fourth-order valence-electron chi connectivity index (χ4n) is 2.78. The Hall–Kier alpha value is -2.66. The first-order valence-electron chi connectivity index (χ1n) is 7.55. The first-order chi connectivity index (χ1) is 11.6. The van der Waals surface area contributed by atoms with Gasteiger partial charge in [-0.2, -0.15) is 0 Å². The molecule has 0 bridgehead atoms. The Morgan fingerprint density at radius 1 is 1.17 bits per heavy atom. The van der Waals surface area contributed by atoms with Crippen LogP contribution >= 0.6 is 11.6 Å². The summed E-state index contributed by atoms with van der Waals surface area (Å²) in [6.07, 6.45) is 2.40. The minimum absolute atomic E-state index is 0.00192. The van der Waals surface area contributed by atoms with Crippen LogP contribution in [0.4, 0.5) is 11.4 Å². The van der Waals surface area contributed by atoms with Crippen molar-refractivity contribution in [1.29, 1.82) is 0 Å². The number of nitro groups is 1. The Morgan fingerprint density at radius 3 is 2.71 bits per heavy atom. The Morgan fingerprint density at radius 2 is 1.96 bits per heavy atom. The number of carbonyl (C=O) groups excluding carboxylic acids is 1. The van der Waals surface area contributed by atoms with Crippen molar-refractivity contribution in [3.05, 3.63) is 69.8 Å². The molecule has 0 radical (unpaired) electrons. The summed E-state index contributed by atoms with van der Waals surface area (Å²) in [5.74, 6) is 0.378. The molecule has 2 aromatic carbocycles. The maximum Gasteiger partial charge on any atom is 0.270 e. The quantitative estimate of drug-likeness (QED) is 0.355. The molecule has 3 rings (SSSR count). The molecule has 0 atom stereocenters. The van der Waals surface area contributed by atoms with E-state index >= 15 is 0 Å². The zero-order valence-corrected chi connectivity index (χ0v) is 13.6. The van der Waals surface area contributed by atoms with Gasteiger partial charge in [0.2, 0.25) is 0 Å². The van der Waals surface area contributed by atoms with E-state index in [1.165, 1.54) is 12.1 Å². The topological polar surface area (TPSA) is 63.4 Å². The molecule has 6 heteroatoms. The molecule has 1 amide bonds. The van der Waals surface area contributed by atoms with Crippen LogP contribution in [0.3, 0.4) is 0 Å². The molecule has 1 aliphatic rings. The highest BCUT2D eigenvalue weighted by atomic mass is 35.5. The Balaban J connectivity index is 2.03. The van der Waals surface area contributed by atoms with Gasteiger partial charge >= 0.3 is 0 Å². The highest BCUT2D eigenvalue weighted by molar-refractivity contribution is 6.35. The summed E-state index contributed by atoms with van der Waals surface area (Å²) < 4.78 is 0. The third-order valence-electron chi connectivity index (χ3n) is 3.87. The van der Waals surface area contributed by atoms with Crippen LogP contribution < -0.4 is 4.90 Å². The van der Waals surface area contributed by atoms with Crippen LogP contribution in [0.25, 0.3) is 11.6 Å². The lowest BCUT2D eigenvalue weighted by Gasteiger charge is -2.15. The second-order valence-electron chi connectivity index (χ2n) is 5.43. The van der Waals surface area contributed by atoms with Crippen molar-refractivity contribution in [2.24, 2.45) is 0 Å². The standard InChI is InChI=1S/C18H15ClN2O3/c19-9-4-10-20-17-8-2-1-7-15(17)16(18(20)22)12-13-5-3-6-14(11-13)21(23)24/h1-3,5-8,11-12H,4,9-10H2. The smallest absolute Gasteiger partial charge is 0.270 e. The number of amides is 1. The van der Waals surface area contributed by atoms with E-state index in [2.05, 4.69) is 0 Å². The number of alkyl halides is 1. The van der Waals surface area contributed by atoms with Crippen molar-refractivity contribution < 1.29 is 9.72 Å². The number of non-ortho nitro benzene ring substituents is 1. The number of nitrogens with zero attached hydrogens (tertiary/aromatic N) is 2. The molecule has 0 saturated heterocycles. The van der Waals surface area contributed by atoms with Gasteiger partial charge in [-0.15, -0.1) is 11.6 Å². The van der Waals surface area contributed by atoms with Gasteiger partial charge in [0.25, 0.3) is 11.6 Å². The summed E-state index contributed by atoms with van der Waals surface area (Å²) in [5, 5.41) is 10.9. The van der Waals surface area contributed by atoms with E-state index in [1.54, 1.807) is 23.1 Å². The number of hydrogen-bond donors (Lipinski definition) is 0. The Labute approximate surface area is 144 Å². The van der Waals surface area contributed by atoms with E-state index in [4.69, 9.17) is 11.6 Å². The molecule has 0 N–H and O–H groups in total. The average molecular weight is 343 g/mol. The normalized spacial score (nSPS) is 15.0. The number of rotatable bonds is 5. The molecule has 0 saturated carbocycles. The first kappa shape index (κ1) is 16.2. The van der Waals surface area contributed by atoms with Gasteiger partial charge in [0.1, 0.15) is 0 Å². The van der Waals surface area contributed by atoms with Crippen LogP contribution in [0, 0.1) is 10.1 Å². The lowest BCUT2D eigenvalue weighted by molar-refractivity contribution is -0.384. The summed E-state index contributed by atoms with van der Waals surface area (Å²) in [4.78, 5) is 25.0. The molecule has 1 heterocycles. The molecule has 0 spiro atoms. The number of benzene rings is 2. The van der Waals surface area contributed by atoms with Gasteiger partial charge in [-0.05, 0) is 24.1 Å². The lowest BCUT2D eigenvalue weighted by Crippen LogP contribution is -2.27. The average Bonchev–Trinajstić information content (AvgIpc) is 2.85. The van der Waals surface area contributed by atoms with Gasteiger partial charge in [0, 0.05) is 35.7 Å². The molecular formula is C18H15ClN2O3. The molecule has 0 aliphatic carbocycles. The van der Waals surface area contributed by atoms with Gasteiger partial charge in [0.15, 0.2) is 0 Å². The monoisotopic (exact) mass is 342 g/mol. The molecule has 122 valence electrons. The fraction of sp³-hybridized carbons (Fsp3) is 0.167. The number of carbonyl (C=O) groups is 1. The van der Waals surface area contributed by atoms with Crippen molar-refractivity contribution in [1.82, 2.24) is 0 Å². The maximum absolute atomic E-state index is 12.8. The molecule has 24 heavy (non-hydrogen) atoms. The van der Waals surface area contributed by atoms with Crippen molar-refractivity contribution in [2.45, 2.75) is 6.42 Å². The van der Waals surface area contributed by atoms with Crippen LogP contribution in [-0.2, 0) is 4.79 Å². The lowest BCUT2D eigenvalue weighted by atomic mass is 10.0. The third kappa shape index (κ3) is 3.03. The number of para-hydroxylation sites is 1. The van der Waals surface area contributed by atoms with E-state index in [9.17, 15) is 14.9 Å². The number of anilines is 1. The second kappa shape index (κ2) is 6.84. The Bertz CT molecular complexity index is 833. The number of fused-ring (bicyclic) bond motifs is 1. The van der Waals surface area contributed by atoms with Gasteiger partial charge in [0.05, 0.1) is 10.6 Å². The molecule has 2 aromatic rings. The highest BCUT2D eigenvalue weighted by Gasteiger charge is 2.31. The zero-order valence-electron chi connectivity index (χ0n) is 12.8. The number of halogens is 1. The zero-order chi connectivity index (χ0) is 17.1. The van der Waals surface area contributed by atoms with Gasteiger partial charge < -0.3 is 4.90 Å². The third-order valence-corrected chi connectivity index (χ3v) is 4.14. The summed E-state index contributed by atoms with van der Waals surface area (Å²) >= 11 is 5.75. The highest BCUT2D eigenvalue weighted by Crippen LogP contribution is 2.37. The van der Waals surface area contributed by atoms with Crippen molar-refractivity contribution in [3.63, 3.8) is 0 Å². The van der Waals surface area contributed by atoms with E-state index < -0.39 is 4.92 Å². The van der Waals surface area contributed by atoms with Gasteiger partial charge in [-0.3, -0.25) is 14.9 Å². The van der Waals surface area contributed by atoms with Crippen LogP contribution in [0.2, 0.25) is 0 Å². The number of hydrogen-bond acceptors (Lipinski definition) is 3. The summed E-state index contributed by atoms with van der Waals surface area (Å²) in [7, 11) is 0. The Kier molecular flexibility index (Phi) is 4.62. The summed E-state index contributed by atoms with van der Waals surface area (Å²) in [6, 6.07) is 13.8. The predicted octanol–water partition coefficient (Wildman–Crippen LogP) is 4.11. The van der Waals surface area contributed by atoms with E-state index in [1.807, 2.05) is 24.3 Å². The minimum atomic E-state index is -0.445. The van der Waals surface area contributed by atoms with Crippen molar-refractivity contribution in [3.8, 4) is 0 Å². The summed E-state index contributed by atoms with van der Waals surface area (Å²) in [6.45, 7) is 0.547. The molecular weight excluding hydrogens is 328 g/mol. The number of nitro benzene ring substituents is 1. The van der Waals surface area contributed by atoms with Crippen LogP contribution in [0.15, 0.2) is 48.5 Å². The summed E-state index contributed by atoms with van der Waals surface area (Å²) in [5.41, 5.74) is 2.86.